The predicted molar refractivity (Wildman–Crippen MR) is 68.0 cm³/mol. The Kier molecular flexibility index (Phi) is 3.14. The van der Waals surface area contributed by atoms with Crippen molar-refractivity contribution in [3.63, 3.8) is 0 Å². The van der Waals surface area contributed by atoms with Gasteiger partial charge < -0.3 is 19.9 Å². The van der Waals surface area contributed by atoms with Crippen LogP contribution in [0, 0.1) is 0 Å². The highest BCUT2D eigenvalue weighted by Crippen LogP contribution is 2.40. The summed E-state index contributed by atoms with van der Waals surface area (Å²) in [6.45, 7) is 2.47. The molecule has 3 rings (SSSR count). The van der Waals surface area contributed by atoms with Crippen LogP contribution in [0.25, 0.3) is 0 Å². The van der Waals surface area contributed by atoms with E-state index in [1.165, 1.54) is 0 Å². The molecular formula is C14H19NO3. The Labute approximate surface area is 107 Å². The largest absolute Gasteiger partial charge is 0.454 e. The normalized spacial score (nSPS) is 26.9. The van der Waals surface area contributed by atoms with E-state index in [4.69, 9.17) is 9.47 Å². The first kappa shape index (κ1) is 11.8. The summed E-state index contributed by atoms with van der Waals surface area (Å²) in [6, 6.07) is 6.05. The molecule has 4 heteroatoms. The molecule has 1 unspecified atom stereocenters. The first-order valence-corrected chi connectivity index (χ1v) is 6.56. The van der Waals surface area contributed by atoms with Gasteiger partial charge in [0.15, 0.2) is 11.5 Å². The Morgan fingerprint density at radius 1 is 1.17 bits per heavy atom. The van der Waals surface area contributed by atoms with Gasteiger partial charge in [-0.05, 0) is 50.0 Å². The molecule has 1 aromatic rings. The second kappa shape index (κ2) is 4.78. The third kappa shape index (κ3) is 1.95. The van der Waals surface area contributed by atoms with Gasteiger partial charge in [0.05, 0.1) is 6.61 Å². The van der Waals surface area contributed by atoms with Gasteiger partial charge in [0.2, 0.25) is 6.79 Å². The van der Waals surface area contributed by atoms with Crippen molar-refractivity contribution in [2.45, 2.75) is 24.7 Å². The average molecular weight is 249 g/mol. The van der Waals surface area contributed by atoms with Crippen molar-refractivity contribution in [2.75, 3.05) is 26.5 Å². The number of benzene rings is 1. The van der Waals surface area contributed by atoms with Gasteiger partial charge in [0, 0.05) is 5.41 Å². The molecule has 0 bridgehead atoms. The van der Waals surface area contributed by atoms with Gasteiger partial charge in [-0.2, -0.15) is 0 Å². The molecule has 0 aromatic heterocycles. The summed E-state index contributed by atoms with van der Waals surface area (Å²) in [4.78, 5) is 0. The summed E-state index contributed by atoms with van der Waals surface area (Å²) < 4.78 is 10.8. The standard InChI is InChI=1S/C14H19NO3/c16-9-14(4-1-6-15-7-5-14)11-2-3-12-13(8-11)18-10-17-12/h2-3,8,15-16H,1,4-7,9-10H2. The van der Waals surface area contributed by atoms with E-state index in [0.717, 1.165) is 49.4 Å². The lowest BCUT2D eigenvalue weighted by Crippen LogP contribution is -2.31. The fraction of sp³-hybridized carbons (Fsp3) is 0.571. The van der Waals surface area contributed by atoms with E-state index < -0.39 is 0 Å². The van der Waals surface area contributed by atoms with E-state index in [0.29, 0.717) is 6.79 Å². The molecule has 0 aliphatic carbocycles. The maximum Gasteiger partial charge on any atom is 0.231 e. The number of fused-ring (bicyclic) bond motifs is 1. The van der Waals surface area contributed by atoms with E-state index in [-0.39, 0.29) is 12.0 Å². The van der Waals surface area contributed by atoms with Gasteiger partial charge in [-0.1, -0.05) is 6.07 Å². The van der Waals surface area contributed by atoms with Gasteiger partial charge in [-0.25, -0.2) is 0 Å². The first-order valence-electron chi connectivity index (χ1n) is 6.56. The summed E-state index contributed by atoms with van der Waals surface area (Å²) >= 11 is 0. The smallest absolute Gasteiger partial charge is 0.231 e. The Balaban J connectivity index is 1.95. The Morgan fingerprint density at radius 3 is 2.94 bits per heavy atom. The molecule has 2 heterocycles. The van der Waals surface area contributed by atoms with Crippen LogP contribution in [-0.4, -0.2) is 31.6 Å². The predicted octanol–water partition coefficient (Wildman–Crippen LogP) is 1.42. The lowest BCUT2D eigenvalue weighted by Gasteiger charge is -2.31. The topological polar surface area (TPSA) is 50.7 Å². The summed E-state index contributed by atoms with van der Waals surface area (Å²) in [5.74, 6) is 1.61. The summed E-state index contributed by atoms with van der Waals surface area (Å²) in [6.07, 6.45) is 3.06. The quantitative estimate of drug-likeness (QED) is 0.832. The molecule has 1 fully saturated rings. The van der Waals surface area contributed by atoms with Crippen LogP contribution < -0.4 is 14.8 Å². The molecule has 2 aliphatic heterocycles. The minimum Gasteiger partial charge on any atom is -0.454 e. The van der Waals surface area contributed by atoms with Crippen molar-refractivity contribution in [3.8, 4) is 11.5 Å². The van der Waals surface area contributed by atoms with Crippen molar-refractivity contribution < 1.29 is 14.6 Å². The van der Waals surface area contributed by atoms with Crippen molar-refractivity contribution >= 4 is 0 Å². The monoisotopic (exact) mass is 249 g/mol. The van der Waals surface area contributed by atoms with Crippen LogP contribution in [0.15, 0.2) is 18.2 Å². The van der Waals surface area contributed by atoms with Crippen LogP contribution in [0.4, 0.5) is 0 Å². The summed E-state index contributed by atoms with van der Waals surface area (Å²) in [5.41, 5.74) is 1.03. The molecule has 2 aliphatic rings. The minimum absolute atomic E-state index is 0.134. The second-order valence-electron chi connectivity index (χ2n) is 5.11. The molecule has 18 heavy (non-hydrogen) atoms. The zero-order chi connectivity index (χ0) is 12.4. The fourth-order valence-corrected chi connectivity index (χ4v) is 2.89. The molecule has 1 aromatic carbocycles. The van der Waals surface area contributed by atoms with E-state index in [1.807, 2.05) is 12.1 Å². The van der Waals surface area contributed by atoms with Crippen molar-refractivity contribution in [1.29, 1.82) is 0 Å². The Hall–Kier alpha value is -1.26. The van der Waals surface area contributed by atoms with Crippen LogP contribution in [0.3, 0.4) is 0 Å². The molecule has 0 saturated carbocycles. The maximum absolute atomic E-state index is 9.87. The molecule has 0 spiro atoms. The number of ether oxygens (including phenoxy) is 2. The molecule has 98 valence electrons. The van der Waals surface area contributed by atoms with E-state index in [9.17, 15) is 5.11 Å². The number of aliphatic hydroxyl groups is 1. The first-order chi connectivity index (χ1) is 8.84. The number of aliphatic hydroxyl groups excluding tert-OH is 1. The van der Waals surface area contributed by atoms with E-state index in [1.54, 1.807) is 0 Å². The third-order valence-electron chi connectivity index (χ3n) is 4.08. The average Bonchev–Trinajstić information content (AvgIpc) is 2.74. The van der Waals surface area contributed by atoms with E-state index in [2.05, 4.69) is 11.4 Å². The van der Waals surface area contributed by atoms with Crippen molar-refractivity contribution in [2.24, 2.45) is 0 Å². The molecule has 0 amide bonds. The van der Waals surface area contributed by atoms with Crippen molar-refractivity contribution in [1.82, 2.24) is 5.32 Å². The van der Waals surface area contributed by atoms with Crippen LogP contribution in [0.5, 0.6) is 11.5 Å². The molecule has 0 radical (unpaired) electrons. The van der Waals surface area contributed by atoms with Gasteiger partial charge in [-0.15, -0.1) is 0 Å². The molecule has 4 nitrogen and oxygen atoms in total. The van der Waals surface area contributed by atoms with Gasteiger partial charge in [0.1, 0.15) is 0 Å². The number of rotatable bonds is 2. The second-order valence-corrected chi connectivity index (χ2v) is 5.11. The molecule has 1 atom stereocenters. The SMILES string of the molecule is OCC1(c2ccc3c(c2)OCO3)CCCNCC1. The zero-order valence-electron chi connectivity index (χ0n) is 10.4. The highest BCUT2D eigenvalue weighted by atomic mass is 16.7. The molecule has 1 saturated heterocycles. The third-order valence-corrected chi connectivity index (χ3v) is 4.08. The van der Waals surface area contributed by atoms with Crippen LogP contribution >= 0.6 is 0 Å². The highest BCUT2D eigenvalue weighted by Gasteiger charge is 2.33. The number of hydrogen-bond donors (Lipinski definition) is 2. The lowest BCUT2D eigenvalue weighted by molar-refractivity contribution is 0.172. The van der Waals surface area contributed by atoms with Crippen molar-refractivity contribution in [3.05, 3.63) is 23.8 Å². The summed E-state index contributed by atoms with van der Waals surface area (Å²) in [7, 11) is 0. The molecule has 2 N–H and O–H groups in total. The van der Waals surface area contributed by atoms with Gasteiger partial charge in [0.25, 0.3) is 0 Å². The lowest BCUT2D eigenvalue weighted by atomic mass is 9.75. The number of nitrogens with one attached hydrogen (secondary N) is 1. The van der Waals surface area contributed by atoms with Crippen LogP contribution in [0.1, 0.15) is 24.8 Å². The van der Waals surface area contributed by atoms with Gasteiger partial charge >= 0.3 is 0 Å². The Bertz CT molecular complexity index is 425. The summed E-state index contributed by atoms with van der Waals surface area (Å²) in [5, 5.41) is 13.3. The number of hydrogen-bond acceptors (Lipinski definition) is 4. The minimum atomic E-state index is -0.134. The Morgan fingerprint density at radius 2 is 2.06 bits per heavy atom. The maximum atomic E-state index is 9.87. The van der Waals surface area contributed by atoms with Crippen LogP contribution in [-0.2, 0) is 5.41 Å². The van der Waals surface area contributed by atoms with Crippen LogP contribution in [0.2, 0.25) is 0 Å². The van der Waals surface area contributed by atoms with E-state index >= 15 is 0 Å². The van der Waals surface area contributed by atoms with Gasteiger partial charge in [-0.3, -0.25) is 0 Å². The fourth-order valence-electron chi connectivity index (χ4n) is 2.89. The zero-order valence-corrected chi connectivity index (χ0v) is 10.4. The highest BCUT2D eigenvalue weighted by molar-refractivity contribution is 5.46. The molecular weight excluding hydrogens is 230 g/mol.